The van der Waals surface area contributed by atoms with Crippen molar-refractivity contribution in [3.63, 3.8) is 0 Å². The van der Waals surface area contributed by atoms with Gasteiger partial charge in [0.2, 0.25) is 0 Å². The van der Waals surface area contributed by atoms with Crippen molar-refractivity contribution >= 4 is 11.6 Å². The van der Waals surface area contributed by atoms with Crippen molar-refractivity contribution < 1.29 is 4.79 Å². The maximum Gasteiger partial charge on any atom is 0.251 e. The van der Waals surface area contributed by atoms with E-state index in [9.17, 15) is 4.79 Å². The lowest BCUT2D eigenvalue weighted by Gasteiger charge is -2.40. The largest absolute Gasteiger partial charge is 0.371 e. The van der Waals surface area contributed by atoms with Crippen LogP contribution in [0.1, 0.15) is 42.6 Å². The van der Waals surface area contributed by atoms with E-state index < -0.39 is 0 Å². The molecular weight excluding hydrogens is 274 g/mol. The molecule has 0 radical (unpaired) electrons. The molecule has 2 aliphatic rings. The van der Waals surface area contributed by atoms with E-state index in [0.717, 1.165) is 37.9 Å². The number of amides is 1. The van der Waals surface area contributed by atoms with Gasteiger partial charge in [0.1, 0.15) is 0 Å². The van der Waals surface area contributed by atoms with Crippen LogP contribution in [0.15, 0.2) is 18.2 Å². The van der Waals surface area contributed by atoms with Crippen LogP contribution in [0.25, 0.3) is 0 Å². The van der Waals surface area contributed by atoms with Gasteiger partial charge in [0.15, 0.2) is 0 Å². The number of benzene rings is 1. The molecule has 3 atom stereocenters. The molecule has 0 aromatic heterocycles. The topological polar surface area (TPSA) is 44.4 Å². The lowest BCUT2D eigenvalue weighted by molar-refractivity contribution is 0.0940. The van der Waals surface area contributed by atoms with Crippen molar-refractivity contribution in [2.24, 2.45) is 5.92 Å². The first-order chi connectivity index (χ1) is 10.6. The summed E-state index contributed by atoms with van der Waals surface area (Å²) in [4.78, 5) is 14.8. The third-order valence-electron chi connectivity index (χ3n) is 5.23. The van der Waals surface area contributed by atoms with Gasteiger partial charge in [0.25, 0.3) is 5.91 Å². The van der Waals surface area contributed by atoms with Gasteiger partial charge in [-0.15, -0.1) is 0 Å². The zero-order valence-electron chi connectivity index (χ0n) is 13.9. The molecule has 3 rings (SSSR count). The van der Waals surface area contributed by atoms with Crippen LogP contribution in [-0.4, -0.2) is 38.1 Å². The second kappa shape index (κ2) is 6.29. The van der Waals surface area contributed by atoms with Gasteiger partial charge in [-0.1, -0.05) is 13.8 Å². The van der Waals surface area contributed by atoms with Crippen molar-refractivity contribution in [2.45, 2.75) is 45.2 Å². The van der Waals surface area contributed by atoms with E-state index in [0.29, 0.717) is 12.0 Å². The van der Waals surface area contributed by atoms with E-state index in [2.05, 4.69) is 48.6 Å². The molecule has 4 heteroatoms. The zero-order chi connectivity index (χ0) is 15.7. The van der Waals surface area contributed by atoms with Crippen molar-refractivity contribution in [2.75, 3.05) is 25.0 Å². The summed E-state index contributed by atoms with van der Waals surface area (Å²) in [7, 11) is 2.17. The highest BCUT2D eigenvalue weighted by Crippen LogP contribution is 2.34. The van der Waals surface area contributed by atoms with Crippen molar-refractivity contribution in [3.8, 4) is 0 Å². The van der Waals surface area contributed by atoms with Crippen molar-refractivity contribution in [1.29, 1.82) is 0 Å². The summed E-state index contributed by atoms with van der Waals surface area (Å²) in [5.41, 5.74) is 3.38. The second-order valence-electron chi connectivity index (χ2n) is 6.77. The van der Waals surface area contributed by atoms with Crippen LogP contribution in [0.3, 0.4) is 0 Å². The molecule has 0 aliphatic carbocycles. The number of hydrogen-bond donors (Lipinski definition) is 2. The van der Waals surface area contributed by atoms with E-state index in [4.69, 9.17) is 0 Å². The predicted molar refractivity (Wildman–Crippen MR) is 90.5 cm³/mol. The predicted octanol–water partition coefficient (Wildman–Crippen LogP) is 2.19. The number of rotatable bonds is 3. The van der Waals surface area contributed by atoms with Gasteiger partial charge in [-0.05, 0) is 55.5 Å². The Balaban J connectivity index is 1.79. The second-order valence-corrected chi connectivity index (χ2v) is 6.77. The number of nitrogens with zero attached hydrogens (tertiary/aromatic N) is 1. The number of nitrogens with one attached hydrogen (secondary N) is 2. The Morgan fingerprint density at radius 3 is 2.95 bits per heavy atom. The smallest absolute Gasteiger partial charge is 0.251 e. The molecule has 2 unspecified atom stereocenters. The number of carbonyl (C=O) groups excluding carboxylic acids is 1. The molecule has 120 valence electrons. The first-order valence-electron chi connectivity index (χ1n) is 8.47. The molecule has 2 aliphatic heterocycles. The van der Waals surface area contributed by atoms with Crippen LogP contribution in [0.5, 0.6) is 0 Å². The monoisotopic (exact) mass is 301 g/mol. The van der Waals surface area contributed by atoms with E-state index in [1.165, 1.54) is 11.3 Å². The van der Waals surface area contributed by atoms with Crippen LogP contribution < -0.4 is 15.5 Å². The summed E-state index contributed by atoms with van der Waals surface area (Å²) >= 11 is 0. The van der Waals surface area contributed by atoms with Gasteiger partial charge in [0.05, 0.1) is 0 Å². The SMILES string of the molecule is CC[C@H]1C(C)Cc2cc(C(=O)NC3CCNC3)ccc2N1C. The average Bonchev–Trinajstić information content (AvgIpc) is 3.00. The minimum Gasteiger partial charge on any atom is -0.371 e. The van der Waals surface area contributed by atoms with Crippen LogP contribution in [0.4, 0.5) is 5.69 Å². The van der Waals surface area contributed by atoms with Crippen molar-refractivity contribution in [3.05, 3.63) is 29.3 Å². The van der Waals surface area contributed by atoms with Gasteiger partial charge < -0.3 is 15.5 Å². The number of fused-ring (bicyclic) bond motifs is 1. The lowest BCUT2D eigenvalue weighted by Crippen LogP contribution is -2.41. The summed E-state index contributed by atoms with van der Waals surface area (Å²) in [5.74, 6) is 0.685. The fourth-order valence-electron chi connectivity index (χ4n) is 4.00. The molecule has 1 saturated heterocycles. The maximum absolute atomic E-state index is 12.4. The Morgan fingerprint density at radius 1 is 1.45 bits per heavy atom. The third kappa shape index (κ3) is 2.84. The molecule has 0 bridgehead atoms. The first kappa shape index (κ1) is 15.3. The van der Waals surface area contributed by atoms with E-state index in [1.807, 2.05) is 6.07 Å². The molecule has 1 aromatic carbocycles. The Labute approximate surface area is 133 Å². The molecule has 1 aromatic rings. The molecule has 4 nitrogen and oxygen atoms in total. The normalized spacial score (nSPS) is 27.6. The quantitative estimate of drug-likeness (QED) is 0.899. The number of anilines is 1. The van der Waals surface area contributed by atoms with Gasteiger partial charge in [-0.25, -0.2) is 0 Å². The maximum atomic E-state index is 12.4. The minimum absolute atomic E-state index is 0.0596. The van der Waals surface area contributed by atoms with Gasteiger partial charge in [-0.2, -0.15) is 0 Å². The standard InChI is InChI=1S/C18H27N3O/c1-4-16-12(2)9-14-10-13(5-6-17(14)21(16)3)18(22)20-15-7-8-19-11-15/h5-6,10,12,15-16,19H,4,7-9,11H2,1-3H3,(H,20,22)/t12?,15?,16-/m0/s1. The first-order valence-corrected chi connectivity index (χ1v) is 8.47. The summed E-state index contributed by atoms with van der Waals surface area (Å²) in [6.45, 7) is 6.44. The molecule has 0 spiro atoms. The third-order valence-corrected chi connectivity index (χ3v) is 5.23. The van der Waals surface area contributed by atoms with E-state index in [1.54, 1.807) is 0 Å². The molecular formula is C18H27N3O. The minimum atomic E-state index is 0.0596. The Kier molecular flexibility index (Phi) is 4.39. The van der Waals surface area contributed by atoms with E-state index in [-0.39, 0.29) is 11.9 Å². The van der Waals surface area contributed by atoms with Crippen LogP contribution >= 0.6 is 0 Å². The number of hydrogen-bond acceptors (Lipinski definition) is 3. The molecule has 0 saturated carbocycles. The summed E-state index contributed by atoms with van der Waals surface area (Å²) < 4.78 is 0. The van der Waals surface area contributed by atoms with Crippen LogP contribution in [0.2, 0.25) is 0 Å². The molecule has 2 heterocycles. The zero-order valence-corrected chi connectivity index (χ0v) is 13.9. The van der Waals surface area contributed by atoms with Gasteiger partial charge in [0, 0.05) is 36.9 Å². The molecule has 1 amide bonds. The average molecular weight is 301 g/mol. The Morgan fingerprint density at radius 2 is 2.27 bits per heavy atom. The fraction of sp³-hybridized carbons (Fsp3) is 0.611. The highest BCUT2D eigenvalue weighted by atomic mass is 16.1. The lowest BCUT2D eigenvalue weighted by atomic mass is 9.85. The van der Waals surface area contributed by atoms with Crippen LogP contribution in [-0.2, 0) is 6.42 Å². The van der Waals surface area contributed by atoms with Gasteiger partial charge >= 0.3 is 0 Å². The molecule has 2 N–H and O–H groups in total. The summed E-state index contributed by atoms with van der Waals surface area (Å²) in [5, 5.41) is 6.41. The fourth-order valence-corrected chi connectivity index (χ4v) is 4.00. The Hall–Kier alpha value is -1.55. The van der Waals surface area contributed by atoms with Crippen LogP contribution in [0, 0.1) is 5.92 Å². The molecule has 22 heavy (non-hydrogen) atoms. The summed E-state index contributed by atoms with van der Waals surface area (Å²) in [6.07, 6.45) is 3.24. The van der Waals surface area contributed by atoms with Gasteiger partial charge in [-0.3, -0.25) is 4.79 Å². The highest BCUT2D eigenvalue weighted by molar-refractivity contribution is 5.95. The van der Waals surface area contributed by atoms with Crippen molar-refractivity contribution in [1.82, 2.24) is 10.6 Å². The highest BCUT2D eigenvalue weighted by Gasteiger charge is 2.28. The van der Waals surface area contributed by atoms with E-state index >= 15 is 0 Å². The number of carbonyl (C=O) groups is 1. The summed E-state index contributed by atoms with van der Waals surface area (Å²) in [6, 6.07) is 7.04. The Bertz CT molecular complexity index is 551. The molecule has 1 fully saturated rings.